The van der Waals surface area contributed by atoms with E-state index < -0.39 is 0 Å². The van der Waals surface area contributed by atoms with E-state index in [1.807, 2.05) is 0 Å². The predicted molar refractivity (Wildman–Crippen MR) is 218 cm³/mol. The van der Waals surface area contributed by atoms with Crippen molar-refractivity contribution in [3.05, 3.63) is 193 Å². The second kappa shape index (κ2) is 11.4. The smallest absolute Gasteiger partial charge is 0.0159 e. The van der Waals surface area contributed by atoms with Crippen LogP contribution in [0.5, 0.6) is 0 Å². The summed E-state index contributed by atoms with van der Waals surface area (Å²) in [5.74, 6) is 0. The Morgan fingerprint density at radius 1 is 0.294 bits per heavy atom. The molecular formula is C51H36. The molecule has 1 aliphatic rings. The number of benzene rings is 9. The number of fused-ring (bicyclic) bond motifs is 7. The summed E-state index contributed by atoms with van der Waals surface area (Å²) in [6.07, 6.45) is 0. The van der Waals surface area contributed by atoms with Crippen molar-refractivity contribution in [1.82, 2.24) is 0 Å². The fourth-order valence-corrected chi connectivity index (χ4v) is 8.87. The molecule has 0 heteroatoms. The molecule has 0 amide bonds. The van der Waals surface area contributed by atoms with Gasteiger partial charge in [-0.05, 0) is 111 Å². The summed E-state index contributed by atoms with van der Waals surface area (Å²) >= 11 is 0. The molecule has 0 fully saturated rings. The van der Waals surface area contributed by atoms with Crippen LogP contribution in [0.25, 0.3) is 88.0 Å². The zero-order chi connectivity index (χ0) is 34.1. The molecule has 0 spiro atoms. The Bertz CT molecular complexity index is 2760. The lowest BCUT2D eigenvalue weighted by Gasteiger charge is -2.22. The topological polar surface area (TPSA) is 0 Å². The van der Waals surface area contributed by atoms with Gasteiger partial charge in [0.25, 0.3) is 0 Å². The SMILES string of the molecule is CC1(C)c2cccc(-c3cccc(-c4c5ccccc5c(-c5cccc(-c6ccccc6)c5)c5ccccc45)c3)c2-c2c1ccc1ccccc21. The van der Waals surface area contributed by atoms with E-state index in [1.165, 1.54) is 99.1 Å². The van der Waals surface area contributed by atoms with Gasteiger partial charge in [-0.15, -0.1) is 0 Å². The Hall–Kier alpha value is -6.24. The first-order valence-electron chi connectivity index (χ1n) is 17.9. The highest BCUT2D eigenvalue weighted by Gasteiger charge is 2.37. The maximum atomic E-state index is 2.43. The molecule has 0 aliphatic heterocycles. The molecule has 51 heavy (non-hydrogen) atoms. The second-order valence-electron chi connectivity index (χ2n) is 14.4. The quantitative estimate of drug-likeness (QED) is 0.167. The van der Waals surface area contributed by atoms with Gasteiger partial charge in [-0.2, -0.15) is 0 Å². The van der Waals surface area contributed by atoms with Crippen LogP contribution in [0.15, 0.2) is 182 Å². The molecule has 0 unspecified atom stereocenters. The van der Waals surface area contributed by atoms with Crippen molar-refractivity contribution in [1.29, 1.82) is 0 Å². The number of hydrogen-bond donors (Lipinski definition) is 0. The van der Waals surface area contributed by atoms with Gasteiger partial charge in [0.1, 0.15) is 0 Å². The average molecular weight is 649 g/mol. The zero-order valence-corrected chi connectivity index (χ0v) is 28.8. The highest BCUT2D eigenvalue weighted by molar-refractivity contribution is 6.21. The van der Waals surface area contributed by atoms with Gasteiger partial charge in [0, 0.05) is 5.41 Å². The van der Waals surface area contributed by atoms with Crippen molar-refractivity contribution in [2.45, 2.75) is 19.3 Å². The van der Waals surface area contributed by atoms with Crippen molar-refractivity contribution in [3.63, 3.8) is 0 Å². The average Bonchev–Trinajstić information content (AvgIpc) is 3.43. The lowest BCUT2D eigenvalue weighted by Crippen LogP contribution is -2.14. The van der Waals surface area contributed by atoms with E-state index >= 15 is 0 Å². The largest absolute Gasteiger partial charge is 0.0622 e. The summed E-state index contributed by atoms with van der Waals surface area (Å²) in [7, 11) is 0. The van der Waals surface area contributed by atoms with Crippen molar-refractivity contribution in [2.24, 2.45) is 0 Å². The molecule has 0 N–H and O–H groups in total. The number of hydrogen-bond acceptors (Lipinski definition) is 0. The van der Waals surface area contributed by atoms with Crippen LogP contribution in [0.2, 0.25) is 0 Å². The third-order valence-corrected chi connectivity index (χ3v) is 11.2. The first-order chi connectivity index (χ1) is 25.1. The van der Waals surface area contributed by atoms with Gasteiger partial charge in [-0.25, -0.2) is 0 Å². The normalized spacial score (nSPS) is 13.1. The van der Waals surface area contributed by atoms with Crippen LogP contribution in [-0.4, -0.2) is 0 Å². The molecule has 0 heterocycles. The van der Waals surface area contributed by atoms with E-state index in [0.29, 0.717) is 0 Å². The standard InChI is InChI=1S/C51H36/c1-51(2)45-28-14-27-40(50(45)49-39-22-7-6-17-34(39)29-30-46(49)51)36-19-13-21-38(32-36)48-43-25-10-8-23-41(43)47(42-24-9-11-26-44(42)48)37-20-12-18-35(31-37)33-15-4-3-5-16-33/h3-32H,1-2H3. The van der Waals surface area contributed by atoms with Gasteiger partial charge in [-0.3, -0.25) is 0 Å². The first kappa shape index (κ1) is 29.7. The second-order valence-corrected chi connectivity index (χ2v) is 14.4. The van der Waals surface area contributed by atoms with Gasteiger partial charge in [-0.1, -0.05) is 184 Å². The molecule has 0 aromatic heterocycles. The number of rotatable bonds is 4. The molecule has 240 valence electrons. The van der Waals surface area contributed by atoms with E-state index in [2.05, 4.69) is 196 Å². The Morgan fingerprint density at radius 3 is 1.41 bits per heavy atom. The first-order valence-corrected chi connectivity index (χ1v) is 17.9. The summed E-state index contributed by atoms with van der Waals surface area (Å²) in [5.41, 5.74) is 15.5. The Balaban J connectivity index is 1.21. The summed E-state index contributed by atoms with van der Waals surface area (Å²) < 4.78 is 0. The summed E-state index contributed by atoms with van der Waals surface area (Å²) in [4.78, 5) is 0. The van der Waals surface area contributed by atoms with Crippen LogP contribution in [0.3, 0.4) is 0 Å². The zero-order valence-electron chi connectivity index (χ0n) is 28.8. The summed E-state index contributed by atoms with van der Waals surface area (Å²) in [5, 5.41) is 7.69. The lowest BCUT2D eigenvalue weighted by atomic mass is 9.81. The molecule has 0 atom stereocenters. The Kier molecular flexibility index (Phi) is 6.63. The highest BCUT2D eigenvalue weighted by Crippen LogP contribution is 2.54. The van der Waals surface area contributed by atoms with Gasteiger partial charge >= 0.3 is 0 Å². The van der Waals surface area contributed by atoms with Gasteiger partial charge < -0.3 is 0 Å². The van der Waals surface area contributed by atoms with E-state index in [9.17, 15) is 0 Å². The maximum absolute atomic E-state index is 2.43. The molecule has 0 radical (unpaired) electrons. The lowest BCUT2D eigenvalue weighted by molar-refractivity contribution is 0.661. The van der Waals surface area contributed by atoms with Crippen molar-refractivity contribution < 1.29 is 0 Å². The monoisotopic (exact) mass is 648 g/mol. The van der Waals surface area contributed by atoms with Crippen LogP contribution in [0.4, 0.5) is 0 Å². The van der Waals surface area contributed by atoms with E-state index in [4.69, 9.17) is 0 Å². The Labute approximate surface area is 299 Å². The molecule has 9 aromatic rings. The van der Waals surface area contributed by atoms with Crippen molar-refractivity contribution >= 4 is 32.3 Å². The van der Waals surface area contributed by atoms with Crippen LogP contribution in [0, 0.1) is 0 Å². The minimum Gasteiger partial charge on any atom is -0.0622 e. The Morgan fingerprint density at radius 2 is 0.765 bits per heavy atom. The summed E-state index contributed by atoms with van der Waals surface area (Å²) in [6, 6.07) is 67.3. The minimum absolute atomic E-state index is 0.0810. The van der Waals surface area contributed by atoms with Gasteiger partial charge in [0.05, 0.1) is 0 Å². The van der Waals surface area contributed by atoms with Crippen LogP contribution in [0.1, 0.15) is 25.0 Å². The van der Waals surface area contributed by atoms with Crippen LogP contribution >= 0.6 is 0 Å². The third kappa shape index (κ3) is 4.53. The molecule has 0 nitrogen and oxygen atoms in total. The fraction of sp³-hybridized carbons (Fsp3) is 0.0588. The minimum atomic E-state index is -0.0810. The van der Waals surface area contributed by atoms with Crippen molar-refractivity contribution in [2.75, 3.05) is 0 Å². The van der Waals surface area contributed by atoms with Gasteiger partial charge in [0.15, 0.2) is 0 Å². The molecule has 1 aliphatic carbocycles. The molecular weight excluding hydrogens is 613 g/mol. The third-order valence-electron chi connectivity index (χ3n) is 11.2. The molecule has 0 saturated heterocycles. The van der Waals surface area contributed by atoms with Crippen molar-refractivity contribution in [3.8, 4) is 55.6 Å². The maximum Gasteiger partial charge on any atom is 0.0159 e. The van der Waals surface area contributed by atoms with Crippen LogP contribution in [-0.2, 0) is 5.41 Å². The summed E-state index contributed by atoms with van der Waals surface area (Å²) in [6.45, 7) is 4.75. The molecule has 0 bridgehead atoms. The molecule has 10 rings (SSSR count). The van der Waals surface area contributed by atoms with E-state index in [0.717, 1.165) is 0 Å². The highest BCUT2D eigenvalue weighted by atomic mass is 14.4. The fourth-order valence-electron chi connectivity index (χ4n) is 8.87. The van der Waals surface area contributed by atoms with Crippen LogP contribution < -0.4 is 0 Å². The van der Waals surface area contributed by atoms with E-state index in [-0.39, 0.29) is 5.41 Å². The van der Waals surface area contributed by atoms with Gasteiger partial charge in [0.2, 0.25) is 0 Å². The predicted octanol–water partition coefficient (Wildman–Crippen LogP) is 14.1. The molecule has 0 saturated carbocycles. The molecule has 9 aromatic carbocycles. The van der Waals surface area contributed by atoms with E-state index in [1.54, 1.807) is 0 Å².